The fraction of sp³-hybridized carbons (Fsp3) is 0.462. The topological polar surface area (TPSA) is 109 Å². The number of aliphatic hydroxyl groups excluding tert-OH is 1. The molecule has 1 atom stereocenters. The van der Waals surface area contributed by atoms with Gasteiger partial charge in [-0.3, -0.25) is 4.79 Å². The minimum absolute atomic E-state index is 0.0782. The van der Waals surface area contributed by atoms with E-state index in [9.17, 15) is 9.90 Å². The molecule has 3 N–H and O–H groups in total. The predicted molar refractivity (Wildman–Crippen MR) is 132 cm³/mol. The van der Waals surface area contributed by atoms with Crippen molar-refractivity contribution in [2.45, 2.75) is 51.1 Å². The van der Waals surface area contributed by atoms with Gasteiger partial charge in [0.1, 0.15) is 17.3 Å². The second-order valence-electron chi connectivity index (χ2n) is 8.26. The molecule has 0 aliphatic rings. The number of fused-ring (bicyclic) bond motifs is 1. The Hall–Kier alpha value is -3.10. The Labute approximate surface area is 200 Å². The number of esters is 1. The third kappa shape index (κ3) is 6.95. The van der Waals surface area contributed by atoms with Crippen molar-refractivity contribution in [3.05, 3.63) is 42.5 Å². The molecule has 0 amide bonds. The predicted octanol–water partition coefficient (Wildman–Crippen LogP) is 3.92. The van der Waals surface area contributed by atoms with Crippen molar-refractivity contribution in [2.75, 3.05) is 27.4 Å². The van der Waals surface area contributed by atoms with Crippen LogP contribution in [-0.2, 0) is 16.1 Å². The number of aliphatic hydroxyl groups is 1. The lowest BCUT2D eigenvalue weighted by Gasteiger charge is -2.14. The normalized spacial score (nSPS) is 12.0. The van der Waals surface area contributed by atoms with Gasteiger partial charge in [0.25, 0.3) is 0 Å². The van der Waals surface area contributed by atoms with Gasteiger partial charge in [-0.2, -0.15) is 0 Å². The summed E-state index contributed by atoms with van der Waals surface area (Å²) in [6, 6.07) is 13.7. The maximum absolute atomic E-state index is 11.2. The zero-order valence-electron chi connectivity index (χ0n) is 20.0. The van der Waals surface area contributed by atoms with Crippen LogP contribution in [0.15, 0.2) is 42.5 Å². The number of hydrogen-bond donors (Lipinski definition) is 2. The van der Waals surface area contributed by atoms with Gasteiger partial charge in [-0.1, -0.05) is 0 Å². The molecule has 0 aliphatic carbocycles. The molecular formula is C26H35N3O5. The molecule has 0 saturated heterocycles. The highest BCUT2D eigenvalue weighted by Crippen LogP contribution is 2.29. The highest BCUT2D eigenvalue weighted by atomic mass is 16.5. The van der Waals surface area contributed by atoms with E-state index < -0.39 is 0 Å². The van der Waals surface area contributed by atoms with Crippen molar-refractivity contribution in [1.82, 2.24) is 9.55 Å². The lowest BCUT2D eigenvalue weighted by molar-refractivity contribution is -0.140. The number of aryl methyl sites for hydroxylation is 1. The average Bonchev–Trinajstić information content (AvgIpc) is 3.22. The lowest BCUT2D eigenvalue weighted by Crippen LogP contribution is -2.23. The van der Waals surface area contributed by atoms with Gasteiger partial charge in [0, 0.05) is 37.2 Å². The Kier molecular flexibility index (Phi) is 9.73. The molecule has 0 saturated carbocycles. The molecule has 0 spiro atoms. The number of carbonyl (C=O) groups excluding carboxylic acids is 1. The highest BCUT2D eigenvalue weighted by molar-refractivity contribution is 5.82. The summed E-state index contributed by atoms with van der Waals surface area (Å²) in [6.07, 6.45) is 4.28. The third-order valence-corrected chi connectivity index (χ3v) is 5.81. The summed E-state index contributed by atoms with van der Waals surface area (Å²) in [5.41, 5.74) is 9.02. The first-order chi connectivity index (χ1) is 16.5. The standard InChI is InChI=1S/C26H35N3O5/c1-32-21-9-7-19(8-10-21)26-28-23-12-11-22(34-17-5-3-4-6-25(31)33-2)18-24(23)29(26)15-13-20(27)14-16-30/h7-12,18,20,30H,3-6,13-17,27H2,1-2H3. The molecule has 34 heavy (non-hydrogen) atoms. The molecule has 0 aliphatic heterocycles. The van der Waals surface area contributed by atoms with Crippen molar-refractivity contribution in [3.63, 3.8) is 0 Å². The summed E-state index contributed by atoms with van der Waals surface area (Å²) in [7, 11) is 3.06. The maximum Gasteiger partial charge on any atom is 0.305 e. The summed E-state index contributed by atoms with van der Waals surface area (Å²) in [4.78, 5) is 16.1. The average molecular weight is 470 g/mol. The number of imidazole rings is 1. The number of carbonyl (C=O) groups is 1. The van der Waals surface area contributed by atoms with E-state index in [1.54, 1.807) is 7.11 Å². The summed E-state index contributed by atoms with van der Waals surface area (Å²) in [6.45, 7) is 1.33. The molecule has 0 bridgehead atoms. The van der Waals surface area contributed by atoms with Gasteiger partial charge in [0.15, 0.2) is 0 Å². The Balaban J connectivity index is 1.76. The molecule has 3 aromatic rings. The second kappa shape index (κ2) is 13.0. The molecule has 8 nitrogen and oxygen atoms in total. The Bertz CT molecular complexity index is 1050. The zero-order chi connectivity index (χ0) is 24.3. The van der Waals surface area contributed by atoms with Crippen molar-refractivity contribution in [1.29, 1.82) is 0 Å². The molecule has 8 heteroatoms. The molecule has 1 heterocycles. The number of ether oxygens (including phenoxy) is 3. The molecule has 0 fully saturated rings. The van der Waals surface area contributed by atoms with Crippen LogP contribution in [0.5, 0.6) is 11.5 Å². The van der Waals surface area contributed by atoms with Crippen LogP contribution in [0.25, 0.3) is 22.4 Å². The van der Waals surface area contributed by atoms with Gasteiger partial charge in [0.05, 0.1) is 31.9 Å². The first-order valence-corrected chi connectivity index (χ1v) is 11.8. The van der Waals surface area contributed by atoms with Gasteiger partial charge < -0.3 is 29.6 Å². The Morgan fingerprint density at radius 3 is 2.53 bits per heavy atom. The third-order valence-electron chi connectivity index (χ3n) is 5.81. The van der Waals surface area contributed by atoms with E-state index in [1.165, 1.54) is 7.11 Å². The van der Waals surface area contributed by atoms with Crippen molar-refractivity contribution in [2.24, 2.45) is 5.73 Å². The van der Waals surface area contributed by atoms with Crippen LogP contribution in [0, 0.1) is 0 Å². The number of benzene rings is 2. The zero-order valence-corrected chi connectivity index (χ0v) is 20.0. The number of rotatable bonds is 14. The van der Waals surface area contributed by atoms with Gasteiger partial charge in [0.2, 0.25) is 0 Å². The number of methoxy groups -OCH3 is 2. The van der Waals surface area contributed by atoms with Crippen molar-refractivity contribution < 1.29 is 24.1 Å². The monoisotopic (exact) mass is 469 g/mol. The van der Waals surface area contributed by atoms with Gasteiger partial charge in [-0.05, 0) is 68.5 Å². The number of nitrogens with two attached hydrogens (primary N) is 1. The minimum atomic E-state index is -0.175. The van der Waals surface area contributed by atoms with Gasteiger partial charge >= 0.3 is 5.97 Å². The van der Waals surface area contributed by atoms with E-state index in [0.29, 0.717) is 26.0 Å². The Morgan fingerprint density at radius 2 is 1.82 bits per heavy atom. The molecule has 1 unspecified atom stereocenters. The van der Waals surface area contributed by atoms with Gasteiger partial charge in [-0.25, -0.2) is 4.98 Å². The minimum Gasteiger partial charge on any atom is -0.497 e. The van der Waals surface area contributed by atoms with E-state index in [4.69, 9.17) is 20.2 Å². The molecule has 3 rings (SSSR count). The highest BCUT2D eigenvalue weighted by Gasteiger charge is 2.15. The van der Waals surface area contributed by atoms with Crippen LogP contribution in [0.3, 0.4) is 0 Å². The van der Waals surface area contributed by atoms with E-state index in [2.05, 4.69) is 9.30 Å². The van der Waals surface area contributed by atoms with Crippen LogP contribution in [0.1, 0.15) is 38.5 Å². The van der Waals surface area contributed by atoms with E-state index in [0.717, 1.165) is 59.6 Å². The molecule has 1 aromatic heterocycles. The first kappa shape index (κ1) is 25.5. The molecule has 0 radical (unpaired) electrons. The number of aromatic nitrogens is 2. The Morgan fingerprint density at radius 1 is 1.06 bits per heavy atom. The summed E-state index contributed by atoms with van der Waals surface area (Å²) >= 11 is 0. The van der Waals surface area contributed by atoms with E-state index >= 15 is 0 Å². The largest absolute Gasteiger partial charge is 0.497 e. The molecular weight excluding hydrogens is 434 g/mol. The molecule has 184 valence electrons. The van der Waals surface area contributed by atoms with Crippen LogP contribution < -0.4 is 15.2 Å². The van der Waals surface area contributed by atoms with E-state index in [-0.39, 0.29) is 18.6 Å². The lowest BCUT2D eigenvalue weighted by atomic mass is 10.1. The molecule has 2 aromatic carbocycles. The summed E-state index contributed by atoms with van der Waals surface area (Å²) < 4.78 is 18.1. The van der Waals surface area contributed by atoms with Crippen LogP contribution in [0.2, 0.25) is 0 Å². The SMILES string of the molecule is COC(=O)CCCCCOc1ccc2nc(-c3ccc(OC)cc3)n(CCC(N)CCO)c2c1. The van der Waals surface area contributed by atoms with Crippen LogP contribution in [0.4, 0.5) is 0 Å². The van der Waals surface area contributed by atoms with Crippen molar-refractivity contribution in [3.8, 4) is 22.9 Å². The number of nitrogens with zero attached hydrogens (tertiary/aromatic N) is 2. The second-order valence-corrected chi connectivity index (χ2v) is 8.26. The first-order valence-electron chi connectivity index (χ1n) is 11.8. The summed E-state index contributed by atoms with van der Waals surface area (Å²) in [5.74, 6) is 2.25. The van der Waals surface area contributed by atoms with Crippen LogP contribution >= 0.6 is 0 Å². The fourth-order valence-electron chi connectivity index (χ4n) is 3.82. The quantitative estimate of drug-likeness (QED) is 0.272. The van der Waals surface area contributed by atoms with Crippen molar-refractivity contribution >= 4 is 17.0 Å². The maximum atomic E-state index is 11.2. The number of hydrogen-bond acceptors (Lipinski definition) is 7. The summed E-state index contributed by atoms with van der Waals surface area (Å²) in [5, 5.41) is 9.21. The van der Waals surface area contributed by atoms with Crippen LogP contribution in [-0.4, -0.2) is 54.1 Å². The van der Waals surface area contributed by atoms with E-state index in [1.807, 2.05) is 42.5 Å². The smallest absolute Gasteiger partial charge is 0.305 e. The number of unbranched alkanes of at least 4 members (excludes halogenated alkanes) is 2. The van der Waals surface area contributed by atoms with Gasteiger partial charge in [-0.15, -0.1) is 0 Å². The fourth-order valence-corrected chi connectivity index (χ4v) is 3.82.